The lowest BCUT2D eigenvalue weighted by molar-refractivity contribution is -0.116. The van der Waals surface area contributed by atoms with Gasteiger partial charge in [-0.05, 0) is 55.3 Å². The Hall–Kier alpha value is -3.31. The van der Waals surface area contributed by atoms with Gasteiger partial charge in [0, 0.05) is 11.4 Å². The third-order valence-electron chi connectivity index (χ3n) is 4.72. The Morgan fingerprint density at radius 1 is 0.935 bits per heavy atom. The third kappa shape index (κ3) is 6.86. The number of nitrogens with one attached hydrogen (secondary N) is 2. The number of rotatable bonds is 9. The maximum absolute atomic E-state index is 12.8. The van der Waals surface area contributed by atoms with Crippen LogP contribution < -0.4 is 15.4 Å². The highest BCUT2D eigenvalue weighted by Crippen LogP contribution is 2.19. The predicted octanol–water partition coefficient (Wildman–Crippen LogP) is 5.63. The lowest BCUT2D eigenvalue weighted by Gasteiger charge is -2.16. The van der Waals surface area contributed by atoms with Crippen LogP contribution in [-0.2, 0) is 4.79 Å². The van der Waals surface area contributed by atoms with Crippen LogP contribution >= 0.6 is 11.6 Å². The Balaban J connectivity index is 1.51. The van der Waals surface area contributed by atoms with E-state index in [2.05, 4.69) is 10.6 Å². The number of para-hydroxylation sites is 1. The molecule has 0 aliphatic carbocycles. The minimum absolute atomic E-state index is 0.150. The molecular weight excluding hydrogens is 412 g/mol. The van der Waals surface area contributed by atoms with E-state index in [0.717, 1.165) is 5.56 Å². The molecule has 0 aliphatic heterocycles. The van der Waals surface area contributed by atoms with E-state index in [1.165, 1.54) is 0 Å². The number of carbonyl (C=O) groups is 2. The number of hydrogen-bond acceptors (Lipinski definition) is 3. The van der Waals surface area contributed by atoms with E-state index in [9.17, 15) is 9.59 Å². The standard InChI is InChI=1S/C25H25ClN2O3/c1-18(19-8-3-2-4-9-19)27-25(30)22-10-5-6-11-23(22)28-24(29)12-7-17-31-21-15-13-20(26)14-16-21/h2-6,8-11,13-16,18H,7,12,17H2,1H3,(H,27,30)(H,28,29)/t18-/m1/s1. The largest absolute Gasteiger partial charge is 0.494 e. The number of anilines is 1. The first-order valence-electron chi connectivity index (χ1n) is 10.2. The SMILES string of the molecule is C[C@@H](NC(=O)c1ccccc1NC(=O)CCCOc1ccc(Cl)cc1)c1ccccc1. The first kappa shape index (κ1) is 22.4. The van der Waals surface area contributed by atoms with Crippen LogP contribution in [-0.4, -0.2) is 18.4 Å². The van der Waals surface area contributed by atoms with Gasteiger partial charge in [0.2, 0.25) is 5.91 Å². The molecule has 1 atom stereocenters. The van der Waals surface area contributed by atoms with E-state index in [0.29, 0.717) is 35.1 Å². The van der Waals surface area contributed by atoms with Crippen LogP contribution in [0.1, 0.15) is 41.7 Å². The minimum atomic E-state index is -0.238. The summed E-state index contributed by atoms with van der Waals surface area (Å²) in [5, 5.41) is 6.46. The van der Waals surface area contributed by atoms with Gasteiger partial charge in [-0.2, -0.15) is 0 Å². The van der Waals surface area contributed by atoms with Gasteiger partial charge in [-0.3, -0.25) is 9.59 Å². The molecule has 0 radical (unpaired) electrons. The minimum Gasteiger partial charge on any atom is -0.494 e. The van der Waals surface area contributed by atoms with Crippen molar-refractivity contribution in [3.8, 4) is 5.75 Å². The second-order valence-electron chi connectivity index (χ2n) is 7.11. The molecule has 3 aromatic rings. The molecule has 0 spiro atoms. The molecule has 6 heteroatoms. The highest BCUT2D eigenvalue weighted by molar-refractivity contribution is 6.30. The Morgan fingerprint density at radius 2 is 1.61 bits per heavy atom. The summed E-state index contributed by atoms with van der Waals surface area (Å²) in [6, 6.07) is 23.6. The predicted molar refractivity (Wildman–Crippen MR) is 124 cm³/mol. The van der Waals surface area contributed by atoms with Crippen LogP contribution in [0.15, 0.2) is 78.9 Å². The van der Waals surface area contributed by atoms with E-state index >= 15 is 0 Å². The van der Waals surface area contributed by atoms with Gasteiger partial charge < -0.3 is 15.4 Å². The molecule has 5 nitrogen and oxygen atoms in total. The number of hydrogen-bond donors (Lipinski definition) is 2. The van der Waals surface area contributed by atoms with Crippen LogP contribution in [0, 0.1) is 0 Å². The molecular formula is C25H25ClN2O3. The summed E-state index contributed by atoms with van der Waals surface area (Å²) in [4.78, 5) is 25.2. The van der Waals surface area contributed by atoms with Gasteiger partial charge in [0.15, 0.2) is 0 Å². The Bertz CT molecular complexity index is 1010. The molecule has 160 valence electrons. The fourth-order valence-corrected chi connectivity index (χ4v) is 3.18. The van der Waals surface area contributed by atoms with Crippen LogP contribution in [0.25, 0.3) is 0 Å². The zero-order chi connectivity index (χ0) is 22.1. The molecule has 0 aromatic heterocycles. The molecule has 0 bridgehead atoms. The monoisotopic (exact) mass is 436 g/mol. The molecule has 0 unspecified atom stereocenters. The van der Waals surface area contributed by atoms with Crippen molar-refractivity contribution < 1.29 is 14.3 Å². The van der Waals surface area contributed by atoms with E-state index in [1.54, 1.807) is 48.5 Å². The topological polar surface area (TPSA) is 67.4 Å². The highest BCUT2D eigenvalue weighted by atomic mass is 35.5. The molecule has 0 heterocycles. The van der Waals surface area contributed by atoms with E-state index in [4.69, 9.17) is 16.3 Å². The Kier molecular flexibility index (Phi) is 8.07. The van der Waals surface area contributed by atoms with Crippen LogP contribution in [0.3, 0.4) is 0 Å². The molecule has 31 heavy (non-hydrogen) atoms. The van der Waals surface area contributed by atoms with Crippen LogP contribution in [0.4, 0.5) is 5.69 Å². The van der Waals surface area contributed by atoms with E-state index < -0.39 is 0 Å². The molecule has 0 saturated carbocycles. The van der Waals surface area contributed by atoms with Crippen LogP contribution in [0.5, 0.6) is 5.75 Å². The zero-order valence-corrected chi connectivity index (χ0v) is 18.1. The van der Waals surface area contributed by atoms with Crippen molar-refractivity contribution in [3.63, 3.8) is 0 Å². The van der Waals surface area contributed by atoms with Gasteiger partial charge in [-0.25, -0.2) is 0 Å². The van der Waals surface area contributed by atoms with Crippen molar-refractivity contribution in [2.24, 2.45) is 0 Å². The number of benzene rings is 3. The molecule has 3 aromatic carbocycles. The van der Waals surface area contributed by atoms with Crippen molar-refractivity contribution in [3.05, 3.63) is 95.0 Å². The second-order valence-corrected chi connectivity index (χ2v) is 7.54. The summed E-state index contributed by atoms with van der Waals surface area (Å²) in [5.41, 5.74) is 1.93. The number of halogens is 1. The lowest BCUT2D eigenvalue weighted by Crippen LogP contribution is -2.28. The highest BCUT2D eigenvalue weighted by Gasteiger charge is 2.16. The molecule has 0 saturated heterocycles. The zero-order valence-electron chi connectivity index (χ0n) is 17.3. The average molecular weight is 437 g/mol. The fourth-order valence-electron chi connectivity index (χ4n) is 3.06. The smallest absolute Gasteiger partial charge is 0.253 e. The third-order valence-corrected chi connectivity index (χ3v) is 4.98. The lowest BCUT2D eigenvalue weighted by atomic mass is 10.1. The summed E-state index contributed by atoms with van der Waals surface area (Å²) in [5.74, 6) is 0.300. The molecule has 2 N–H and O–H groups in total. The van der Waals surface area contributed by atoms with Gasteiger partial charge in [0.05, 0.1) is 23.9 Å². The van der Waals surface area contributed by atoms with Crippen molar-refractivity contribution in [1.29, 1.82) is 0 Å². The summed E-state index contributed by atoms with van der Waals surface area (Å²) in [7, 11) is 0. The van der Waals surface area contributed by atoms with Gasteiger partial charge in [0.1, 0.15) is 5.75 Å². The maximum atomic E-state index is 12.8. The maximum Gasteiger partial charge on any atom is 0.253 e. The van der Waals surface area contributed by atoms with Gasteiger partial charge in [-0.1, -0.05) is 54.1 Å². The van der Waals surface area contributed by atoms with Gasteiger partial charge in [-0.15, -0.1) is 0 Å². The molecule has 0 fully saturated rings. The quantitative estimate of drug-likeness (QED) is 0.427. The first-order chi connectivity index (χ1) is 15.0. The second kappa shape index (κ2) is 11.2. The molecule has 3 rings (SSSR count). The summed E-state index contributed by atoms with van der Waals surface area (Å²) in [6.07, 6.45) is 0.831. The van der Waals surface area contributed by atoms with Crippen molar-refractivity contribution in [2.75, 3.05) is 11.9 Å². The molecule has 2 amide bonds. The fraction of sp³-hybridized carbons (Fsp3) is 0.200. The van der Waals surface area contributed by atoms with Crippen molar-refractivity contribution in [2.45, 2.75) is 25.8 Å². The normalized spacial score (nSPS) is 11.4. The number of ether oxygens (including phenoxy) is 1. The summed E-state index contributed by atoms with van der Waals surface area (Å²) >= 11 is 5.85. The van der Waals surface area contributed by atoms with E-state index in [1.807, 2.05) is 37.3 Å². The Labute approximate surface area is 187 Å². The van der Waals surface area contributed by atoms with Gasteiger partial charge in [0.25, 0.3) is 5.91 Å². The van der Waals surface area contributed by atoms with E-state index in [-0.39, 0.29) is 24.3 Å². The first-order valence-corrected chi connectivity index (χ1v) is 10.5. The van der Waals surface area contributed by atoms with Crippen molar-refractivity contribution in [1.82, 2.24) is 5.32 Å². The number of carbonyl (C=O) groups excluding carboxylic acids is 2. The average Bonchev–Trinajstić information content (AvgIpc) is 2.79. The molecule has 0 aliphatic rings. The summed E-state index contributed by atoms with van der Waals surface area (Å²) < 4.78 is 5.61. The number of amides is 2. The Morgan fingerprint density at radius 3 is 2.35 bits per heavy atom. The summed E-state index contributed by atoms with van der Waals surface area (Å²) in [6.45, 7) is 2.33. The van der Waals surface area contributed by atoms with Gasteiger partial charge >= 0.3 is 0 Å². The van der Waals surface area contributed by atoms with Crippen LogP contribution in [0.2, 0.25) is 5.02 Å². The van der Waals surface area contributed by atoms with Crippen molar-refractivity contribution >= 4 is 29.1 Å².